The molecule has 0 aliphatic heterocycles. The van der Waals surface area contributed by atoms with Gasteiger partial charge in [-0.1, -0.05) is 45.9 Å². The molecule has 0 spiro atoms. The lowest BCUT2D eigenvalue weighted by Gasteiger charge is -2.08. The molecular weight excluding hydrogens is 452 g/mol. The highest BCUT2D eigenvalue weighted by Gasteiger charge is 2.14. The number of rotatable bonds is 5. The lowest BCUT2D eigenvalue weighted by Crippen LogP contribution is -2.20. The van der Waals surface area contributed by atoms with E-state index in [-0.39, 0.29) is 22.7 Å². The van der Waals surface area contributed by atoms with Crippen molar-refractivity contribution < 1.29 is 4.79 Å². The molecule has 0 aliphatic rings. The van der Waals surface area contributed by atoms with E-state index < -0.39 is 0 Å². The number of carbonyl (C=O) groups is 1. The second-order valence-corrected chi connectivity index (χ2v) is 8.57. The van der Waals surface area contributed by atoms with Crippen molar-refractivity contribution in [1.29, 1.82) is 0 Å². The summed E-state index contributed by atoms with van der Waals surface area (Å²) in [5.74, 6) is 0.200. The fourth-order valence-corrected chi connectivity index (χ4v) is 4.18. The molecule has 0 saturated heterocycles. The minimum atomic E-state index is -0.254. The second-order valence-electron chi connectivity index (χ2n) is 6.71. The molecule has 0 bridgehead atoms. The van der Waals surface area contributed by atoms with Crippen LogP contribution in [0.5, 0.6) is 0 Å². The maximum absolute atomic E-state index is 12.9. The number of hydrogen-bond acceptors (Lipinski definition) is 5. The summed E-state index contributed by atoms with van der Waals surface area (Å²) < 4.78 is 4.11. The van der Waals surface area contributed by atoms with Crippen LogP contribution in [0.4, 0.5) is 0 Å². The molecule has 0 amide bonds. The number of benzene rings is 2. The first-order valence-corrected chi connectivity index (χ1v) is 10.7. The first kappa shape index (κ1) is 19.6. The van der Waals surface area contributed by atoms with Crippen molar-refractivity contribution >= 4 is 39.1 Å². The number of Topliss-reactive ketones (excluding diaryl/α,β-unsaturated/α-hetero) is 1. The molecule has 0 aliphatic carbocycles. The van der Waals surface area contributed by atoms with Gasteiger partial charge in [-0.2, -0.15) is 0 Å². The molecule has 0 fully saturated rings. The normalized spacial score (nSPS) is 11.1. The fraction of sp³-hybridized carbons (Fsp3) is 0.143. The third-order valence-corrected chi connectivity index (χ3v) is 5.89. The second kappa shape index (κ2) is 7.96. The van der Waals surface area contributed by atoms with E-state index in [4.69, 9.17) is 0 Å². The summed E-state index contributed by atoms with van der Waals surface area (Å²) in [5, 5.41) is 8.67. The van der Waals surface area contributed by atoms with Crippen molar-refractivity contribution in [2.75, 3.05) is 5.75 Å². The van der Waals surface area contributed by atoms with Gasteiger partial charge in [0.15, 0.2) is 10.9 Å². The Morgan fingerprint density at radius 1 is 1.03 bits per heavy atom. The first-order valence-electron chi connectivity index (χ1n) is 8.89. The number of halogens is 1. The lowest BCUT2D eigenvalue weighted by molar-refractivity contribution is 0.102. The molecule has 2 heterocycles. The molecule has 4 aromatic rings. The van der Waals surface area contributed by atoms with E-state index in [1.165, 1.54) is 11.8 Å². The van der Waals surface area contributed by atoms with E-state index in [0.29, 0.717) is 10.7 Å². The Kier molecular flexibility index (Phi) is 5.38. The zero-order chi connectivity index (χ0) is 20.5. The van der Waals surface area contributed by atoms with Crippen molar-refractivity contribution in [3.63, 3.8) is 0 Å². The topological polar surface area (TPSA) is 69.3 Å². The summed E-state index contributed by atoms with van der Waals surface area (Å²) in [6.45, 7) is 3.99. The molecule has 146 valence electrons. The van der Waals surface area contributed by atoms with Crippen LogP contribution in [0.1, 0.15) is 21.5 Å². The van der Waals surface area contributed by atoms with Crippen molar-refractivity contribution in [2.24, 2.45) is 0 Å². The maximum Gasteiger partial charge on any atom is 0.300 e. The predicted octanol–water partition coefficient (Wildman–Crippen LogP) is 4.23. The molecule has 8 heteroatoms. The highest BCUT2D eigenvalue weighted by Crippen LogP contribution is 2.19. The average Bonchev–Trinajstić information content (AvgIpc) is 3.10. The largest absolute Gasteiger partial charge is 0.300 e. The zero-order valence-corrected chi connectivity index (χ0v) is 18.2. The zero-order valence-electron chi connectivity index (χ0n) is 15.8. The van der Waals surface area contributed by atoms with Crippen LogP contribution in [-0.4, -0.2) is 30.7 Å². The minimum Gasteiger partial charge on any atom is -0.293 e. The van der Waals surface area contributed by atoms with Gasteiger partial charge in [-0.15, -0.1) is 10.2 Å². The van der Waals surface area contributed by atoms with Gasteiger partial charge in [-0.25, -0.2) is 0 Å². The molecule has 0 atom stereocenters. The van der Waals surface area contributed by atoms with Crippen molar-refractivity contribution in [3.05, 3.63) is 86.4 Å². The number of hydrogen-bond donors (Lipinski definition) is 0. The van der Waals surface area contributed by atoms with Gasteiger partial charge < -0.3 is 0 Å². The molecule has 0 saturated carbocycles. The third kappa shape index (κ3) is 4.04. The van der Waals surface area contributed by atoms with Gasteiger partial charge in [0, 0.05) is 28.1 Å². The standard InChI is InChI=1S/C21H17BrN4O2S/c1-13-9-14(2)11-17(10-13)25-7-8-26-19(20(25)28)23-24-21(26)29-12-18(27)15-3-5-16(22)6-4-15/h3-11H,12H2,1-2H3. The highest BCUT2D eigenvalue weighted by molar-refractivity contribution is 9.10. The quantitative estimate of drug-likeness (QED) is 0.323. The molecule has 29 heavy (non-hydrogen) atoms. The van der Waals surface area contributed by atoms with E-state index in [1.807, 2.05) is 38.1 Å². The van der Waals surface area contributed by atoms with Gasteiger partial charge in [-0.05, 0) is 49.2 Å². The summed E-state index contributed by atoms with van der Waals surface area (Å²) in [6.07, 6.45) is 3.45. The average molecular weight is 469 g/mol. The predicted molar refractivity (Wildman–Crippen MR) is 117 cm³/mol. The van der Waals surface area contributed by atoms with Crippen molar-refractivity contribution in [3.8, 4) is 5.69 Å². The number of nitrogens with zero attached hydrogens (tertiary/aromatic N) is 4. The summed E-state index contributed by atoms with van der Waals surface area (Å²) >= 11 is 4.62. The van der Waals surface area contributed by atoms with E-state index in [1.54, 1.807) is 33.5 Å². The molecule has 2 aromatic carbocycles. The Bertz CT molecular complexity index is 1260. The Labute approximate surface area is 179 Å². The third-order valence-electron chi connectivity index (χ3n) is 4.42. The van der Waals surface area contributed by atoms with Crippen LogP contribution in [0.3, 0.4) is 0 Å². The van der Waals surface area contributed by atoms with Crippen molar-refractivity contribution in [1.82, 2.24) is 19.2 Å². The number of ketones is 1. The molecular formula is C21H17BrN4O2S. The smallest absolute Gasteiger partial charge is 0.293 e. The summed E-state index contributed by atoms with van der Waals surface area (Å²) in [5.41, 5.74) is 3.55. The maximum atomic E-state index is 12.9. The molecule has 2 aromatic heterocycles. The van der Waals surface area contributed by atoms with Gasteiger partial charge in [0.05, 0.1) is 5.75 Å². The number of fused-ring (bicyclic) bond motifs is 1. The Morgan fingerprint density at radius 2 is 1.72 bits per heavy atom. The molecule has 4 rings (SSSR count). The van der Waals surface area contributed by atoms with Gasteiger partial charge >= 0.3 is 5.56 Å². The van der Waals surface area contributed by atoms with Crippen LogP contribution in [0.25, 0.3) is 11.3 Å². The van der Waals surface area contributed by atoms with Crippen LogP contribution in [0, 0.1) is 13.8 Å². The Morgan fingerprint density at radius 3 is 2.41 bits per heavy atom. The van der Waals surface area contributed by atoms with Crippen LogP contribution in [-0.2, 0) is 0 Å². The summed E-state index contributed by atoms with van der Waals surface area (Å²) in [6, 6.07) is 13.2. The molecule has 6 nitrogen and oxygen atoms in total. The number of thioether (sulfide) groups is 1. The molecule has 0 radical (unpaired) electrons. The fourth-order valence-electron chi connectivity index (χ4n) is 3.11. The summed E-state index contributed by atoms with van der Waals surface area (Å²) in [7, 11) is 0. The lowest BCUT2D eigenvalue weighted by atomic mass is 10.1. The molecule has 0 unspecified atom stereocenters. The highest BCUT2D eigenvalue weighted by atomic mass is 79.9. The van der Waals surface area contributed by atoms with Crippen LogP contribution in [0.2, 0.25) is 0 Å². The van der Waals surface area contributed by atoms with Gasteiger partial charge in [0.25, 0.3) is 0 Å². The van der Waals surface area contributed by atoms with E-state index in [0.717, 1.165) is 21.3 Å². The van der Waals surface area contributed by atoms with E-state index in [2.05, 4.69) is 32.2 Å². The minimum absolute atomic E-state index is 0.0113. The first-order chi connectivity index (χ1) is 13.9. The Balaban J connectivity index is 1.61. The van der Waals surface area contributed by atoms with Gasteiger partial charge in [0.1, 0.15) is 0 Å². The number of aryl methyl sites for hydroxylation is 2. The number of aromatic nitrogens is 4. The number of carbonyl (C=O) groups excluding carboxylic acids is 1. The van der Waals surface area contributed by atoms with Crippen LogP contribution < -0.4 is 5.56 Å². The monoisotopic (exact) mass is 468 g/mol. The Hall–Kier alpha value is -2.71. The van der Waals surface area contributed by atoms with Crippen LogP contribution >= 0.6 is 27.7 Å². The van der Waals surface area contributed by atoms with E-state index >= 15 is 0 Å². The van der Waals surface area contributed by atoms with Gasteiger partial charge in [-0.3, -0.25) is 18.6 Å². The summed E-state index contributed by atoms with van der Waals surface area (Å²) in [4.78, 5) is 25.3. The van der Waals surface area contributed by atoms with Gasteiger partial charge in [0.2, 0.25) is 5.65 Å². The van der Waals surface area contributed by atoms with Crippen molar-refractivity contribution in [2.45, 2.75) is 19.0 Å². The van der Waals surface area contributed by atoms with Crippen LogP contribution in [0.15, 0.2) is 69.3 Å². The SMILES string of the molecule is Cc1cc(C)cc(-n2ccn3c(SCC(=O)c4ccc(Br)cc4)nnc3c2=O)c1. The molecule has 0 N–H and O–H groups in total. The van der Waals surface area contributed by atoms with E-state index in [9.17, 15) is 9.59 Å².